The Morgan fingerprint density at radius 3 is 2.30 bits per heavy atom. The predicted molar refractivity (Wildman–Crippen MR) is 97.1 cm³/mol. The highest BCUT2D eigenvalue weighted by atomic mass is 19.1. The Morgan fingerprint density at radius 1 is 1.00 bits per heavy atom. The lowest BCUT2D eigenvalue weighted by molar-refractivity contribution is -0.121. The van der Waals surface area contributed by atoms with E-state index in [1.807, 2.05) is 6.07 Å². The molecule has 0 unspecified atom stereocenters. The number of nitrogens with zero attached hydrogens (tertiary/aromatic N) is 1. The number of anilines is 1. The molecule has 0 radical (unpaired) electrons. The average molecular weight is 370 g/mol. The zero-order chi connectivity index (χ0) is 19.4. The van der Waals surface area contributed by atoms with Gasteiger partial charge in [0.2, 0.25) is 5.91 Å². The van der Waals surface area contributed by atoms with Crippen LogP contribution in [0, 0.1) is 11.7 Å². The Hall–Kier alpha value is -3.22. The molecule has 2 aromatic rings. The number of piperidine rings is 1. The van der Waals surface area contributed by atoms with Crippen molar-refractivity contribution >= 4 is 23.5 Å². The molecule has 2 aromatic carbocycles. The quantitative estimate of drug-likeness (QED) is 0.866. The maximum atomic E-state index is 13.9. The first-order valence-electron chi connectivity index (χ1n) is 8.63. The van der Waals surface area contributed by atoms with E-state index in [2.05, 4.69) is 5.32 Å². The number of likely N-dealkylation sites (tertiary alicyclic amines) is 1. The van der Waals surface area contributed by atoms with Gasteiger partial charge in [-0.1, -0.05) is 18.2 Å². The monoisotopic (exact) mass is 370 g/mol. The van der Waals surface area contributed by atoms with Crippen molar-refractivity contribution < 1.29 is 23.9 Å². The molecule has 1 heterocycles. The van der Waals surface area contributed by atoms with Crippen LogP contribution in [-0.2, 0) is 4.79 Å². The van der Waals surface area contributed by atoms with Crippen LogP contribution in [0.2, 0.25) is 0 Å². The SMILES string of the molecule is O=C(O)c1ccc(F)c(NC(=O)C2CCN(C(=O)c3ccccc3)CC2)c1. The first kappa shape index (κ1) is 18.6. The number of aromatic carboxylic acids is 1. The van der Waals surface area contributed by atoms with Gasteiger partial charge in [0.25, 0.3) is 5.91 Å². The number of hydrogen-bond donors (Lipinski definition) is 2. The molecule has 0 saturated carbocycles. The first-order chi connectivity index (χ1) is 13.0. The molecule has 6 nitrogen and oxygen atoms in total. The van der Waals surface area contributed by atoms with Gasteiger partial charge < -0.3 is 15.3 Å². The highest BCUT2D eigenvalue weighted by molar-refractivity contribution is 5.96. The summed E-state index contributed by atoms with van der Waals surface area (Å²) in [5.74, 6) is -2.70. The Kier molecular flexibility index (Phi) is 5.49. The summed E-state index contributed by atoms with van der Waals surface area (Å²) < 4.78 is 13.9. The van der Waals surface area contributed by atoms with Gasteiger partial charge in [-0.3, -0.25) is 9.59 Å². The summed E-state index contributed by atoms with van der Waals surface area (Å²) >= 11 is 0. The number of nitrogens with one attached hydrogen (secondary N) is 1. The van der Waals surface area contributed by atoms with Crippen molar-refractivity contribution in [1.82, 2.24) is 4.90 Å². The molecule has 1 saturated heterocycles. The van der Waals surface area contributed by atoms with Gasteiger partial charge in [-0.25, -0.2) is 9.18 Å². The van der Waals surface area contributed by atoms with Crippen LogP contribution in [0.1, 0.15) is 33.6 Å². The molecule has 140 valence electrons. The second-order valence-electron chi connectivity index (χ2n) is 6.42. The van der Waals surface area contributed by atoms with E-state index in [0.29, 0.717) is 31.5 Å². The van der Waals surface area contributed by atoms with E-state index in [0.717, 1.165) is 18.2 Å². The fraction of sp³-hybridized carbons (Fsp3) is 0.250. The summed E-state index contributed by atoms with van der Waals surface area (Å²) in [6.45, 7) is 0.868. The Bertz CT molecular complexity index is 862. The molecule has 27 heavy (non-hydrogen) atoms. The highest BCUT2D eigenvalue weighted by Crippen LogP contribution is 2.23. The number of carbonyl (C=O) groups is 3. The van der Waals surface area contributed by atoms with Gasteiger partial charge in [0.05, 0.1) is 11.3 Å². The van der Waals surface area contributed by atoms with Gasteiger partial charge in [-0.2, -0.15) is 0 Å². The van der Waals surface area contributed by atoms with E-state index in [9.17, 15) is 18.8 Å². The lowest BCUT2D eigenvalue weighted by Gasteiger charge is -2.31. The van der Waals surface area contributed by atoms with Crippen molar-refractivity contribution in [1.29, 1.82) is 0 Å². The Morgan fingerprint density at radius 2 is 1.67 bits per heavy atom. The smallest absolute Gasteiger partial charge is 0.335 e. The predicted octanol–water partition coefficient (Wildman–Crippen LogP) is 3.01. The van der Waals surface area contributed by atoms with Crippen LogP contribution in [0.3, 0.4) is 0 Å². The molecule has 2 amide bonds. The first-order valence-corrected chi connectivity index (χ1v) is 8.63. The van der Waals surface area contributed by atoms with Gasteiger partial charge in [0, 0.05) is 24.6 Å². The van der Waals surface area contributed by atoms with E-state index in [1.165, 1.54) is 0 Å². The molecular weight excluding hydrogens is 351 g/mol. The Balaban J connectivity index is 1.60. The van der Waals surface area contributed by atoms with Gasteiger partial charge in [-0.05, 0) is 43.2 Å². The standard InChI is InChI=1S/C20H19FN2O4/c21-16-7-6-15(20(26)27)12-17(16)22-18(24)13-8-10-23(11-9-13)19(25)14-4-2-1-3-5-14/h1-7,12-13H,8-11H2,(H,22,24)(H,26,27). The molecule has 7 heteroatoms. The molecular formula is C20H19FN2O4. The number of carbonyl (C=O) groups excluding carboxylic acids is 2. The fourth-order valence-corrected chi connectivity index (χ4v) is 3.10. The summed E-state index contributed by atoms with van der Waals surface area (Å²) in [5.41, 5.74) is 0.352. The maximum Gasteiger partial charge on any atom is 0.335 e. The average Bonchev–Trinajstić information content (AvgIpc) is 2.69. The molecule has 1 aliphatic rings. The van der Waals surface area contributed by atoms with E-state index in [-0.39, 0.29) is 29.0 Å². The third-order valence-corrected chi connectivity index (χ3v) is 4.64. The number of hydrogen-bond acceptors (Lipinski definition) is 3. The second kappa shape index (κ2) is 7.99. The van der Waals surface area contributed by atoms with E-state index in [1.54, 1.807) is 29.2 Å². The Labute approximate surface area is 155 Å². The minimum atomic E-state index is -1.20. The molecule has 0 aliphatic carbocycles. The lowest BCUT2D eigenvalue weighted by Crippen LogP contribution is -2.41. The van der Waals surface area contributed by atoms with Crippen molar-refractivity contribution in [3.8, 4) is 0 Å². The van der Waals surface area contributed by atoms with Crippen molar-refractivity contribution in [2.24, 2.45) is 5.92 Å². The van der Waals surface area contributed by atoms with Crippen molar-refractivity contribution in [3.63, 3.8) is 0 Å². The number of benzene rings is 2. The van der Waals surface area contributed by atoms with Crippen molar-refractivity contribution in [2.45, 2.75) is 12.8 Å². The van der Waals surface area contributed by atoms with Crippen LogP contribution in [0.25, 0.3) is 0 Å². The summed E-state index contributed by atoms with van der Waals surface area (Å²) in [6, 6.07) is 12.2. The van der Waals surface area contributed by atoms with E-state index < -0.39 is 11.8 Å². The fourth-order valence-electron chi connectivity index (χ4n) is 3.10. The zero-order valence-corrected chi connectivity index (χ0v) is 14.5. The van der Waals surface area contributed by atoms with Gasteiger partial charge >= 0.3 is 5.97 Å². The molecule has 2 N–H and O–H groups in total. The number of halogens is 1. The van der Waals surface area contributed by atoms with Crippen LogP contribution in [-0.4, -0.2) is 40.9 Å². The summed E-state index contributed by atoms with van der Waals surface area (Å²) in [5, 5.41) is 11.5. The van der Waals surface area contributed by atoms with E-state index >= 15 is 0 Å². The van der Waals surface area contributed by atoms with Crippen LogP contribution in [0.5, 0.6) is 0 Å². The third kappa shape index (κ3) is 4.31. The lowest BCUT2D eigenvalue weighted by atomic mass is 9.95. The van der Waals surface area contributed by atoms with Crippen LogP contribution in [0.15, 0.2) is 48.5 Å². The van der Waals surface area contributed by atoms with E-state index in [4.69, 9.17) is 5.11 Å². The number of amides is 2. The van der Waals surface area contributed by atoms with Crippen molar-refractivity contribution in [2.75, 3.05) is 18.4 Å². The molecule has 0 bridgehead atoms. The normalized spacial score (nSPS) is 14.6. The van der Waals surface area contributed by atoms with Crippen LogP contribution < -0.4 is 5.32 Å². The largest absolute Gasteiger partial charge is 0.478 e. The second-order valence-corrected chi connectivity index (χ2v) is 6.42. The van der Waals surface area contributed by atoms with Gasteiger partial charge in [0.1, 0.15) is 5.82 Å². The maximum absolute atomic E-state index is 13.9. The molecule has 0 atom stereocenters. The molecule has 0 aromatic heterocycles. The number of carboxylic acids is 1. The molecule has 0 spiro atoms. The van der Waals surface area contributed by atoms with Crippen LogP contribution in [0.4, 0.5) is 10.1 Å². The highest BCUT2D eigenvalue weighted by Gasteiger charge is 2.28. The molecule has 1 fully saturated rings. The third-order valence-electron chi connectivity index (χ3n) is 4.64. The molecule has 1 aliphatic heterocycles. The van der Waals surface area contributed by atoms with Crippen molar-refractivity contribution in [3.05, 3.63) is 65.5 Å². The number of carboxylic acid groups (broad SMARTS) is 1. The number of rotatable bonds is 4. The summed E-state index contributed by atoms with van der Waals surface area (Å²) in [4.78, 5) is 37.5. The van der Waals surface area contributed by atoms with Gasteiger partial charge in [0.15, 0.2) is 0 Å². The summed E-state index contributed by atoms with van der Waals surface area (Å²) in [6.07, 6.45) is 0.926. The molecule has 3 rings (SSSR count). The minimum Gasteiger partial charge on any atom is -0.478 e. The van der Waals surface area contributed by atoms with Crippen LogP contribution >= 0.6 is 0 Å². The zero-order valence-electron chi connectivity index (χ0n) is 14.5. The minimum absolute atomic E-state index is 0.0744. The summed E-state index contributed by atoms with van der Waals surface area (Å²) in [7, 11) is 0. The topological polar surface area (TPSA) is 86.7 Å². The van der Waals surface area contributed by atoms with Gasteiger partial charge in [-0.15, -0.1) is 0 Å².